The van der Waals surface area contributed by atoms with Crippen molar-refractivity contribution in [3.63, 3.8) is 0 Å². The summed E-state index contributed by atoms with van der Waals surface area (Å²) in [6, 6.07) is 6.88. The summed E-state index contributed by atoms with van der Waals surface area (Å²) >= 11 is 0.904. The lowest BCUT2D eigenvalue weighted by Crippen LogP contribution is -2.58. The van der Waals surface area contributed by atoms with Gasteiger partial charge in [0.05, 0.1) is 15.8 Å². The van der Waals surface area contributed by atoms with Crippen LogP contribution in [0.25, 0.3) is 16.1 Å². The summed E-state index contributed by atoms with van der Waals surface area (Å²) in [5, 5.41) is 9.80. The number of fused-ring (bicyclic) bond motifs is 1. The van der Waals surface area contributed by atoms with E-state index >= 15 is 0 Å². The van der Waals surface area contributed by atoms with Crippen molar-refractivity contribution in [3.8, 4) is 11.5 Å². The van der Waals surface area contributed by atoms with Gasteiger partial charge >= 0.3 is 24.9 Å². The number of carbonyl (C=O) groups is 1. The molecule has 1 fully saturated rings. The Morgan fingerprint density at radius 1 is 0.898 bits per heavy atom. The number of benzene rings is 2. The van der Waals surface area contributed by atoms with Crippen LogP contribution >= 0.6 is 11.3 Å². The molecule has 5 rings (SSSR count). The first-order valence-corrected chi connectivity index (χ1v) is 15.5. The molecule has 0 radical (unpaired) electrons. The van der Waals surface area contributed by atoms with E-state index in [2.05, 4.69) is 24.4 Å². The molecule has 12 nitrogen and oxygen atoms in total. The highest BCUT2D eigenvalue weighted by Crippen LogP contribution is 2.33. The first-order valence-electron chi connectivity index (χ1n) is 13.2. The maximum absolute atomic E-state index is 13.1. The molecule has 0 bridgehead atoms. The molecule has 1 aliphatic rings. The number of sulfonamides is 1. The standard InChI is InChI=1S/C18H13F6N5O5S2.C8H7F3NO/c19-17(20,21)15-25-7-12-13(26-15)27-16(35-12)28-5-6-29(11(8-28)14(30)31)36(32,33)10-3-1-9(2-4-10)34-18(22,23)24;9-8(10,11)13-7-3-1-6(5-12)2-4-7/h1-4,7,11H,5-6,8H2,(H,30,31);1-4,12H,5H2/q;-1/t11-;/m1./s1. The number of carboxylic acid groups (broad SMARTS) is 1. The van der Waals surface area contributed by atoms with E-state index in [1.54, 1.807) is 0 Å². The monoisotopic (exact) mass is 747 g/mol. The zero-order valence-electron chi connectivity index (χ0n) is 24.0. The largest absolute Gasteiger partial charge is 0.674 e. The molecule has 0 amide bonds. The molecule has 1 aliphatic heterocycles. The first kappa shape index (κ1) is 37.3. The van der Waals surface area contributed by atoms with Crippen LogP contribution in [0.3, 0.4) is 0 Å². The molecule has 3 heterocycles. The number of hydrogen-bond donors (Lipinski definition) is 1. The van der Waals surface area contributed by atoms with Gasteiger partial charge in [0.2, 0.25) is 15.8 Å². The van der Waals surface area contributed by atoms with Crippen molar-refractivity contribution in [1.82, 2.24) is 19.3 Å². The van der Waals surface area contributed by atoms with Crippen molar-refractivity contribution in [3.05, 3.63) is 71.8 Å². The summed E-state index contributed by atoms with van der Waals surface area (Å²) in [6.45, 7) is -0.775. The number of hydrogen-bond acceptors (Lipinski definition) is 10. The fraction of sp³-hybridized carbons (Fsp3) is 0.308. The van der Waals surface area contributed by atoms with E-state index in [4.69, 9.17) is 5.73 Å². The number of nitrogens with one attached hydrogen (secondary N) is 1. The Balaban J connectivity index is 0.000000350. The van der Waals surface area contributed by atoms with Crippen molar-refractivity contribution in [2.24, 2.45) is 0 Å². The zero-order chi connectivity index (χ0) is 36.4. The van der Waals surface area contributed by atoms with Crippen molar-refractivity contribution < 1.29 is 67.3 Å². The van der Waals surface area contributed by atoms with Gasteiger partial charge in [0, 0.05) is 19.6 Å². The van der Waals surface area contributed by atoms with Crippen molar-refractivity contribution in [1.29, 1.82) is 0 Å². The molecule has 0 aliphatic carbocycles. The average Bonchev–Trinajstić information content (AvgIpc) is 3.43. The Morgan fingerprint density at radius 2 is 1.45 bits per heavy atom. The third kappa shape index (κ3) is 9.79. The zero-order valence-corrected chi connectivity index (χ0v) is 25.7. The average molecular weight is 748 g/mol. The maximum atomic E-state index is 13.1. The lowest BCUT2D eigenvalue weighted by Gasteiger charge is -2.38. The van der Waals surface area contributed by atoms with Crippen LogP contribution in [0.1, 0.15) is 11.4 Å². The lowest BCUT2D eigenvalue weighted by atomic mass is 10.2. The van der Waals surface area contributed by atoms with E-state index in [9.17, 15) is 57.8 Å². The third-order valence-corrected chi connectivity index (χ3v) is 9.27. The van der Waals surface area contributed by atoms with E-state index in [-0.39, 0.29) is 40.9 Å². The quantitative estimate of drug-likeness (QED) is 0.219. The second-order valence-electron chi connectivity index (χ2n) is 9.68. The summed E-state index contributed by atoms with van der Waals surface area (Å²) in [5.74, 6) is -3.82. The fourth-order valence-electron chi connectivity index (χ4n) is 4.18. The topological polar surface area (TPSA) is 159 Å². The molecule has 1 atom stereocenters. The predicted molar refractivity (Wildman–Crippen MR) is 152 cm³/mol. The minimum atomic E-state index is -4.98. The third-order valence-electron chi connectivity index (χ3n) is 6.30. The van der Waals surface area contributed by atoms with Crippen LogP contribution in [-0.4, -0.2) is 77.2 Å². The van der Waals surface area contributed by atoms with Gasteiger partial charge in [0.15, 0.2) is 10.8 Å². The highest BCUT2D eigenvalue weighted by Gasteiger charge is 2.41. The Morgan fingerprint density at radius 3 is 1.94 bits per heavy atom. The minimum Gasteiger partial charge on any atom is -0.674 e. The van der Waals surface area contributed by atoms with Crippen LogP contribution in [0, 0.1) is 0 Å². The summed E-state index contributed by atoms with van der Waals surface area (Å²) in [5.41, 5.74) is 7.33. The van der Waals surface area contributed by atoms with Crippen molar-refractivity contribution in [2.75, 3.05) is 24.5 Å². The highest BCUT2D eigenvalue weighted by molar-refractivity contribution is 7.89. The molecule has 49 heavy (non-hydrogen) atoms. The summed E-state index contributed by atoms with van der Waals surface area (Å²) in [4.78, 5) is 23.5. The highest BCUT2D eigenvalue weighted by atomic mass is 32.2. The molecular weight excluding hydrogens is 727 g/mol. The van der Waals surface area contributed by atoms with Crippen molar-refractivity contribution >= 4 is 42.8 Å². The Kier molecular flexibility index (Phi) is 10.8. The van der Waals surface area contributed by atoms with Gasteiger partial charge in [0.25, 0.3) is 0 Å². The number of aromatic nitrogens is 3. The van der Waals surface area contributed by atoms with Gasteiger partial charge < -0.3 is 25.2 Å². The van der Waals surface area contributed by atoms with Crippen molar-refractivity contribution in [2.45, 2.75) is 36.4 Å². The number of nitrogens with zero attached hydrogens (tertiary/aromatic N) is 5. The van der Waals surface area contributed by atoms with Gasteiger partial charge in [-0.15, -0.1) is 32.9 Å². The number of aliphatic carboxylic acids is 1. The number of halogens is 9. The van der Waals surface area contributed by atoms with E-state index in [0.29, 0.717) is 9.87 Å². The molecule has 2 N–H and O–H groups in total. The van der Waals surface area contributed by atoms with Crippen LogP contribution in [0.4, 0.5) is 44.6 Å². The molecule has 2 aromatic carbocycles. The number of anilines is 1. The van der Waals surface area contributed by atoms with E-state index in [1.165, 1.54) is 29.2 Å². The SMILES string of the molecule is O=C(O)[C@H]1CN(c2nc3nc(C(F)(F)F)ncc3s2)CCN1S(=O)(=O)c1ccc(OC(F)(F)F)cc1.[NH-]Cc1ccc(OC(F)(F)F)cc1. The van der Waals surface area contributed by atoms with Gasteiger partial charge in [-0.2, -0.15) is 22.5 Å². The van der Waals surface area contributed by atoms with E-state index in [0.717, 1.165) is 41.8 Å². The van der Waals surface area contributed by atoms with Gasteiger partial charge in [-0.1, -0.05) is 29.0 Å². The first-order chi connectivity index (χ1) is 22.7. The Labute approximate surface area is 273 Å². The van der Waals surface area contributed by atoms with Crippen LogP contribution < -0.4 is 14.4 Å². The molecule has 23 heteroatoms. The van der Waals surface area contributed by atoms with Crippen LogP contribution in [0.2, 0.25) is 0 Å². The molecule has 1 saturated heterocycles. The number of piperazine rings is 1. The van der Waals surface area contributed by atoms with Gasteiger partial charge in [0.1, 0.15) is 17.5 Å². The maximum Gasteiger partial charge on any atom is 0.573 e. The normalized spacial score (nSPS) is 16.2. The number of thiazole rings is 1. The van der Waals surface area contributed by atoms with Crippen LogP contribution in [-0.2, 0) is 27.5 Å². The smallest absolute Gasteiger partial charge is 0.573 e. The molecule has 0 spiro atoms. The molecule has 266 valence electrons. The van der Waals surface area contributed by atoms with E-state index in [1.807, 2.05) is 0 Å². The minimum absolute atomic E-state index is 0.0479. The molecule has 0 saturated carbocycles. The number of alkyl halides is 9. The fourth-order valence-corrected chi connectivity index (χ4v) is 6.66. The van der Waals surface area contributed by atoms with Gasteiger partial charge in [-0.05, 0) is 36.4 Å². The molecule has 2 aromatic heterocycles. The lowest BCUT2D eigenvalue weighted by molar-refractivity contribution is -0.275. The number of rotatable bonds is 7. The Bertz CT molecular complexity index is 1870. The van der Waals surface area contributed by atoms with Crippen LogP contribution in [0.15, 0.2) is 59.6 Å². The number of carboxylic acids is 1. The van der Waals surface area contributed by atoms with E-state index < -0.39 is 63.9 Å². The Hall–Kier alpha value is -4.48. The predicted octanol–water partition coefficient (Wildman–Crippen LogP) is 6.11. The number of ether oxygens (including phenoxy) is 2. The van der Waals surface area contributed by atoms with Gasteiger partial charge in [-0.25, -0.2) is 18.4 Å². The summed E-state index contributed by atoms with van der Waals surface area (Å²) in [7, 11) is -4.44. The molecular formula is C26H20F9N6O6S2-. The van der Waals surface area contributed by atoms with Gasteiger partial charge in [-0.3, -0.25) is 4.79 Å². The molecule has 4 aromatic rings. The second kappa shape index (κ2) is 14.2. The summed E-state index contributed by atoms with van der Waals surface area (Å²) in [6.07, 6.45) is -13.5. The second-order valence-corrected chi connectivity index (χ2v) is 12.6. The molecule has 0 unspecified atom stereocenters. The van der Waals surface area contributed by atoms with Crippen LogP contribution in [0.5, 0.6) is 11.5 Å². The summed E-state index contributed by atoms with van der Waals surface area (Å²) < 4.78 is 145.